The van der Waals surface area contributed by atoms with E-state index in [-0.39, 0.29) is 17.2 Å². The van der Waals surface area contributed by atoms with Crippen LogP contribution in [0.1, 0.15) is 10.4 Å². The van der Waals surface area contributed by atoms with Gasteiger partial charge in [-0.05, 0) is 18.2 Å². The Bertz CT molecular complexity index is 558. The molecule has 0 fully saturated rings. The number of hydrogen-bond acceptors (Lipinski definition) is 3. The molecule has 0 atom stereocenters. The van der Waals surface area contributed by atoms with E-state index in [1.54, 1.807) is 12.1 Å². The molecule has 0 radical (unpaired) electrons. The Morgan fingerprint density at radius 1 is 1.29 bits per heavy atom. The Hall–Kier alpha value is -2.43. The largest absolute Gasteiger partial charge is 0.436 e. The van der Waals surface area contributed by atoms with Gasteiger partial charge in [0.15, 0.2) is 11.6 Å². The number of carbonyl (C=O) groups is 1. The average Bonchev–Trinajstić information content (AvgIpc) is 2.32. The molecule has 2 aromatic rings. The zero-order chi connectivity index (χ0) is 12.3. The first-order chi connectivity index (χ1) is 8.16. The number of benzene rings is 1. The van der Waals surface area contributed by atoms with Gasteiger partial charge >= 0.3 is 0 Å². The summed E-state index contributed by atoms with van der Waals surface area (Å²) in [5, 5.41) is 0. The van der Waals surface area contributed by atoms with Gasteiger partial charge in [-0.3, -0.25) is 4.79 Å². The van der Waals surface area contributed by atoms with E-state index < -0.39 is 11.7 Å². The molecule has 0 spiro atoms. The average molecular weight is 232 g/mol. The van der Waals surface area contributed by atoms with Gasteiger partial charge in [0, 0.05) is 17.8 Å². The number of para-hydroxylation sites is 1. The Kier molecular flexibility index (Phi) is 3.00. The maximum atomic E-state index is 13.3. The number of primary amides is 1. The number of nitrogens with two attached hydrogens (primary N) is 1. The highest BCUT2D eigenvalue weighted by atomic mass is 19.1. The van der Waals surface area contributed by atoms with Crippen LogP contribution in [0.15, 0.2) is 42.6 Å². The van der Waals surface area contributed by atoms with Crippen LogP contribution < -0.4 is 10.5 Å². The number of pyridine rings is 1. The minimum absolute atomic E-state index is 0.0432. The molecule has 1 aromatic carbocycles. The van der Waals surface area contributed by atoms with Gasteiger partial charge < -0.3 is 10.5 Å². The lowest BCUT2D eigenvalue weighted by Gasteiger charge is -2.05. The Labute approximate surface area is 96.9 Å². The molecule has 0 aliphatic heterocycles. The van der Waals surface area contributed by atoms with Crippen LogP contribution in [-0.4, -0.2) is 10.9 Å². The fourth-order valence-corrected chi connectivity index (χ4v) is 1.26. The number of halogens is 1. The number of carbonyl (C=O) groups excluding carboxylic acids is 1. The van der Waals surface area contributed by atoms with E-state index >= 15 is 0 Å². The van der Waals surface area contributed by atoms with Crippen LogP contribution >= 0.6 is 0 Å². The molecule has 0 aliphatic rings. The van der Waals surface area contributed by atoms with E-state index in [0.717, 1.165) is 0 Å². The van der Waals surface area contributed by atoms with Crippen molar-refractivity contribution in [3.05, 3.63) is 54.0 Å². The summed E-state index contributed by atoms with van der Waals surface area (Å²) in [6, 6.07) is 8.73. The van der Waals surface area contributed by atoms with Crippen molar-refractivity contribution in [3.63, 3.8) is 0 Å². The molecular formula is C12H9FN2O2. The van der Waals surface area contributed by atoms with Crippen molar-refractivity contribution in [2.75, 3.05) is 0 Å². The quantitative estimate of drug-likeness (QED) is 0.881. The third kappa shape index (κ3) is 2.57. The third-order valence-electron chi connectivity index (χ3n) is 2.07. The van der Waals surface area contributed by atoms with Crippen molar-refractivity contribution in [2.45, 2.75) is 0 Å². The standard InChI is InChI=1S/C12H9FN2O2/c13-9-3-1-2-4-10(9)17-11-7-8(12(14)16)5-6-15-11/h1-7H,(H2,14,16). The number of aromatic nitrogens is 1. The summed E-state index contributed by atoms with van der Waals surface area (Å²) in [4.78, 5) is 14.8. The van der Waals surface area contributed by atoms with Crippen molar-refractivity contribution < 1.29 is 13.9 Å². The summed E-state index contributed by atoms with van der Waals surface area (Å²) in [5.74, 6) is -0.933. The second-order valence-electron chi connectivity index (χ2n) is 3.28. The van der Waals surface area contributed by atoms with Crippen LogP contribution in [-0.2, 0) is 0 Å². The highest BCUT2D eigenvalue weighted by Gasteiger charge is 2.06. The molecule has 0 saturated carbocycles. The monoisotopic (exact) mass is 232 g/mol. The summed E-state index contributed by atoms with van der Waals surface area (Å²) in [6.07, 6.45) is 1.37. The summed E-state index contributed by atoms with van der Waals surface area (Å²) in [5.41, 5.74) is 5.37. The van der Waals surface area contributed by atoms with Gasteiger partial charge in [-0.2, -0.15) is 0 Å². The fraction of sp³-hybridized carbons (Fsp3) is 0. The molecule has 0 aliphatic carbocycles. The molecule has 0 saturated heterocycles. The van der Waals surface area contributed by atoms with Crippen molar-refractivity contribution in [3.8, 4) is 11.6 Å². The Balaban J connectivity index is 2.28. The number of nitrogens with zero attached hydrogens (tertiary/aromatic N) is 1. The highest BCUT2D eigenvalue weighted by Crippen LogP contribution is 2.22. The number of hydrogen-bond donors (Lipinski definition) is 1. The third-order valence-corrected chi connectivity index (χ3v) is 2.07. The molecule has 1 heterocycles. The zero-order valence-corrected chi connectivity index (χ0v) is 8.76. The predicted octanol–water partition coefficient (Wildman–Crippen LogP) is 2.11. The maximum Gasteiger partial charge on any atom is 0.248 e. The highest BCUT2D eigenvalue weighted by molar-refractivity contribution is 5.92. The second-order valence-corrected chi connectivity index (χ2v) is 3.28. The lowest BCUT2D eigenvalue weighted by atomic mass is 10.2. The number of rotatable bonds is 3. The molecule has 1 aromatic heterocycles. The van der Waals surface area contributed by atoms with E-state index in [2.05, 4.69) is 4.98 Å². The first-order valence-electron chi connectivity index (χ1n) is 4.85. The van der Waals surface area contributed by atoms with Crippen LogP contribution in [0.25, 0.3) is 0 Å². The van der Waals surface area contributed by atoms with Crippen molar-refractivity contribution in [1.82, 2.24) is 4.98 Å². The van der Waals surface area contributed by atoms with Crippen LogP contribution in [0.4, 0.5) is 4.39 Å². The van der Waals surface area contributed by atoms with Gasteiger partial charge in [-0.1, -0.05) is 12.1 Å². The Morgan fingerprint density at radius 2 is 2.06 bits per heavy atom. The summed E-state index contributed by atoms with van der Waals surface area (Å²) in [7, 11) is 0. The van der Waals surface area contributed by atoms with Gasteiger partial charge in [-0.15, -0.1) is 0 Å². The normalized spacial score (nSPS) is 9.94. The van der Waals surface area contributed by atoms with E-state index in [1.165, 1.54) is 30.5 Å². The van der Waals surface area contributed by atoms with Crippen molar-refractivity contribution in [1.29, 1.82) is 0 Å². The summed E-state index contributed by atoms with van der Waals surface area (Å²) < 4.78 is 18.5. The fourth-order valence-electron chi connectivity index (χ4n) is 1.26. The molecular weight excluding hydrogens is 223 g/mol. The predicted molar refractivity (Wildman–Crippen MR) is 59.2 cm³/mol. The molecule has 5 heteroatoms. The lowest BCUT2D eigenvalue weighted by Crippen LogP contribution is -2.10. The smallest absolute Gasteiger partial charge is 0.248 e. The maximum absolute atomic E-state index is 13.3. The first kappa shape index (κ1) is 11.1. The van der Waals surface area contributed by atoms with E-state index in [0.29, 0.717) is 0 Å². The van der Waals surface area contributed by atoms with Crippen LogP contribution in [0.2, 0.25) is 0 Å². The SMILES string of the molecule is NC(=O)c1ccnc(Oc2ccccc2F)c1. The van der Waals surface area contributed by atoms with Gasteiger partial charge in [0.25, 0.3) is 0 Å². The Morgan fingerprint density at radius 3 is 2.76 bits per heavy atom. The number of amides is 1. The summed E-state index contributed by atoms with van der Waals surface area (Å²) >= 11 is 0. The van der Waals surface area contributed by atoms with Crippen molar-refractivity contribution >= 4 is 5.91 Å². The second kappa shape index (κ2) is 4.61. The topological polar surface area (TPSA) is 65.2 Å². The van der Waals surface area contributed by atoms with Crippen LogP contribution in [0.5, 0.6) is 11.6 Å². The minimum atomic E-state index is -0.592. The molecule has 4 nitrogen and oxygen atoms in total. The van der Waals surface area contributed by atoms with Crippen molar-refractivity contribution in [2.24, 2.45) is 5.73 Å². The van der Waals surface area contributed by atoms with Gasteiger partial charge in [0.2, 0.25) is 11.8 Å². The van der Waals surface area contributed by atoms with E-state index in [1.807, 2.05) is 0 Å². The van der Waals surface area contributed by atoms with Crippen LogP contribution in [0.3, 0.4) is 0 Å². The molecule has 17 heavy (non-hydrogen) atoms. The van der Waals surface area contributed by atoms with Gasteiger partial charge in [0.05, 0.1) is 0 Å². The minimum Gasteiger partial charge on any atom is -0.436 e. The lowest BCUT2D eigenvalue weighted by molar-refractivity contribution is 0.1000. The molecule has 2 rings (SSSR count). The molecule has 0 bridgehead atoms. The zero-order valence-electron chi connectivity index (χ0n) is 8.76. The molecule has 1 amide bonds. The van der Waals surface area contributed by atoms with Gasteiger partial charge in [0.1, 0.15) is 0 Å². The van der Waals surface area contributed by atoms with E-state index in [9.17, 15) is 9.18 Å². The first-order valence-corrected chi connectivity index (χ1v) is 4.85. The summed E-state index contributed by atoms with van der Waals surface area (Å²) in [6.45, 7) is 0. The molecule has 86 valence electrons. The number of ether oxygens (including phenoxy) is 1. The van der Waals surface area contributed by atoms with Gasteiger partial charge in [-0.25, -0.2) is 9.37 Å². The molecule has 0 unspecified atom stereocenters. The molecule has 2 N–H and O–H groups in total. The van der Waals surface area contributed by atoms with E-state index in [4.69, 9.17) is 10.5 Å². The van der Waals surface area contributed by atoms with Crippen LogP contribution in [0, 0.1) is 5.82 Å².